The van der Waals surface area contributed by atoms with E-state index in [0.29, 0.717) is 21.3 Å². The van der Waals surface area contributed by atoms with Crippen LogP contribution in [0, 0.1) is 19.7 Å². The van der Waals surface area contributed by atoms with E-state index in [1.165, 1.54) is 42.3 Å². The summed E-state index contributed by atoms with van der Waals surface area (Å²) in [6.45, 7) is 3.66. The number of benzene rings is 3. The van der Waals surface area contributed by atoms with E-state index in [1.807, 2.05) is 19.1 Å². The number of rotatable bonds is 4. The number of aromatic nitrogens is 1. The van der Waals surface area contributed by atoms with Crippen molar-refractivity contribution in [3.63, 3.8) is 0 Å². The molecule has 1 saturated heterocycles. The Hall–Kier alpha value is -4.37. The van der Waals surface area contributed by atoms with Crippen LogP contribution in [0.2, 0.25) is 0 Å². The van der Waals surface area contributed by atoms with Crippen LogP contribution in [0.15, 0.2) is 66.2 Å². The number of hydrogen-bond donors (Lipinski definition) is 1. The van der Waals surface area contributed by atoms with Gasteiger partial charge in [0.25, 0.3) is 5.78 Å². The summed E-state index contributed by atoms with van der Waals surface area (Å²) in [7, 11) is 1.27. The molecule has 4 aromatic rings. The molecule has 1 unspecified atom stereocenters. The highest BCUT2D eigenvalue weighted by Crippen LogP contribution is 2.44. The summed E-state index contributed by atoms with van der Waals surface area (Å²) in [6.07, 6.45) is 0. The first-order chi connectivity index (χ1) is 17.7. The molecule has 186 valence electrons. The van der Waals surface area contributed by atoms with Crippen LogP contribution >= 0.6 is 11.3 Å². The number of amides is 1. The maximum absolute atomic E-state index is 13.8. The first-order valence-corrected chi connectivity index (χ1v) is 12.1. The average Bonchev–Trinajstić information content (AvgIpc) is 3.42. The van der Waals surface area contributed by atoms with Crippen molar-refractivity contribution in [3.05, 3.63) is 99.9 Å². The fourth-order valence-electron chi connectivity index (χ4n) is 4.39. The smallest absolute Gasteiger partial charge is 0.337 e. The van der Waals surface area contributed by atoms with Gasteiger partial charge in [-0.15, -0.1) is 0 Å². The van der Waals surface area contributed by atoms with E-state index in [4.69, 9.17) is 4.74 Å². The summed E-state index contributed by atoms with van der Waals surface area (Å²) >= 11 is 1.06. The van der Waals surface area contributed by atoms with Gasteiger partial charge in [-0.05, 0) is 61.4 Å². The Labute approximate surface area is 215 Å². The van der Waals surface area contributed by atoms with Gasteiger partial charge in [0.2, 0.25) is 0 Å². The fourth-order valence-corrected chi connectivity index (χ4v) is 5.41. The standard InChI is InChI=1S/C28H21FN2O5S/c1-14-4-5-15(2)19(12-14)24(32)22-23(16-6-8-17(9-7-16)27(35)36-3)31(26(34)25(22)33)28-30-20-11-10-18(29)13-21(20)37-28/h4-13,23,32H,1-3H3. The zero-order valence-corrected chi connectivity index (χ0v) is 20.9. The van der Waals surface area contributed by atoms with Crippen LogP contribution in [0.5, 0.6) is 0 Å². The maximum Gasteiger partial charge on any atom is 0.337 e. The second-order valence-electron chi connectivity index (χ2n) is 8.71. The van der Waals surface area contributed by atoms with Crippen LogP contribution in [0.25, 0.3) is 16.0 Å². The number of esters is 1. The summed E-state index contributed by atoms with van der Waals surface area (Å²) in [5.74, 6) is -3.03. The molecule has 1 amide bonds. The molecule has 1 atom stereocenters. The lowest BCUT2D eigenvalue weighted by molar-refractivity contribution is -0.132. The Balaban J connectivity index is 1.73. The number of fused-ring (bicyclic) bond motifs is 1. The molecule has 1 fully saturated rings. The van der Waals surface area contributed by atoms with Gasteiger partial charge in [0.05, 0.1) is 34.5 Å². The number of thiazole rings is 1. The quantitative estimate of drug-likeness (QED) is 0.167. The van der Waals surface area contributed by atoms with Crippen LogP contribution in [0.1, 0.15) is 38.7 Å². The first kappa shape index (κ1) is 24.3. The van der Waals surface area contributed by atoms with Crippen molar-refractivity contribution < 1.29 is 28.6 Å². The summed E-state index contributed by atoms with van der Waals surface area (Å²) in [5, 5.41) is 11.6. The number of carbonyl (C=O) groups is 3. The molecular weight excluding hydrogens is 495 g/mol. The van der Waals surface area contributed by atoms with E-state index >= 15 is 0 Å². The van der Waals surface area contributed by atoms with E-state index in [1.54, 1.807) is 25.1 Å². The molecule has 0 radical (unpaired) electrons. The largest absolute Gasteiger partial charge is 0.507 e. The summed E-state index contributed by atoms with van der Waals surface area (Å²) in [4.78, 5) is 44.5. The number of ether oxygens (including phenoxy) is 1. The number of nitrogens with zero attached hydrogens (tertiary/aromatic N) is 2. The van der Waals surface area contributed by atoms with Gasteiger partial charge < -0.3 is 9.84 Å². The molecule has 1 N–H and O–H groups in total. The molecule has 3 aromatic carbocycles. The van der Waals surface area contributed by atoms with E-state index in [-0.39, 0.29) is 22.0 Å². The Bertz CT molecular complexity index is 1620. The van der Waals surface area contributed by atoms with Crippen molar-refractivity contribution in [3.8, 4) is 0 Å². The molecule has 2 heterocycles. The SMILES string of the molecule is COC(=O)c1ccc(C2C(=C(O)c3cc(C)ccc3C)C(=O)C(=O)N2c2nc3ccc(F)cc3s2)cc1. The molecule has 1 aliphatic heterocycles. The Kier molecular flexibility index (Phi) is 6.08. The van der Waals surface area contributed by atoms with Gasteiger partial charge >= 0.3 is 11.9 Å². The topological polar surface area (TPSA) is 96.8 Å². The molecule has 0 spiro atoms. The predicted octanol–water partition coefficient (Wildman–Crippen LogP) is 5.47. The van der Waals surface area contributed by atoms with Gasteiger partial charge in [0.1, 0.15) is 11.6 Å². The number of aryl methyl sites for hydroxylation is 2. The Morgan fingerprint density at radius 1 is 1.05 bits per heavy atom. The molecule has 5 rings (SSSR count). The molecule has 9 heteroatoms. The van der Waals surface area contributed by atoms with Crippen molar-refractivity contribution >= 4 is 50.1 Å². The van der Waals surface area contributed by atoms with E-state index in [0.717, 1.165) is 22.5 Å². The van der Waals surface area contributed by atoms with Crippen LogP contribution < -0.4 is 4.90 Å². The highest BCUT2D eigenvalue weighted by Gasteiger charge is 2.48. The van der Waals surface area contributed by atoms with Gasteiger partial charge in [-0.25, -0.2) is 14.2 Å². The van der Waals surface area contributed by atoms with Gasteiger partial charge in [-0.2, -0.15) is 0 Å². The Morgan fingerprint density at radius 2 is 1.78 bits per heavy atom. The minimum atomic E-state index is -1.03. The third-order valence-corrected chi connectivity index (χ3v) is 7.30. The number of ketones is 1. The van der Waals surface area contributed by atoms with E-state index < -0.39 is 29.5 Å². The lowest BCUT2D eigenvalue weighted by atomic mass is 9.93. The van der Waals surface area contributed by atoms with E-state index in [9.17, 15) is 23.9 Å². The number of aliphatic hydroxyl groups excluding tert-OH is 1. The number of aliphatic hydroxyl groups is 1. The zero-order chi connectivity index (χ0) is 26.4. The van der Waals surface area contributed by atoms with Crippen LogP contribution in [-0.4, -0.2) is 34.9 Å². The van der Waals surface area contributed by atoms with Crippen LogP contribution in [-0.2, 0) is 14.3 Å². The van der Waals surface area contributed by atoms with Gasteiger partial charge in [-0.1, -0.05) is 41.2 Å². The second-order valence-corrected chi connectivity index (χ2v) is 9.72. The summed E-state index contributed by atoms with van der Waals surface area (Å²) in [5.41, 5.74) is 3.16. The molecule has 1 aliphatic rings. The third-order valence-electron chi connectivity index (χ3n) is 6.29. The minimum absolute atomic E-state index is 0.102. The van der Waals surface area contributed by atoms with Gasteiger partial charge in [-0.3, -0.25) is 14.5 Å². The predicted molar refractivity (Wildman–Crippen MR) is 138 cm³/mol. The number of Topliss-reactive ketones (excluding diaryl/α,β-unsaturated/α-hetero) is 1. The Morgan fingerprint density at radius 3 is 2.49 bits per heavy atom. The van der Waals surface area contributed by atoms with Crippen molar-refractivity contribution in [1.29, 1.82) is 0 Å². The highest BCUT2D eigenvalue weighted by molar-refractivity contribution is 7.22. The molecule has 7 nitrogen and oxygen atoms in total. The van der Waals surface area contributed by atoms with Crippen molar-refractivity contribution in [1.82, 2.24) is 4.98 Å². The normalized spacial score (nSPS) is 17.0. The lowest BCUT2D eigenvalue weighted by Crippen LogP contribution is -2.29. The highest BCUT2D eigenvalue weighted by atomic mass is 32.1. The van der Waals surface area contributed by atoms with Crippen molar-refractivity contribution in [2.24, 2.45) is 0 Å². The maximum atomic E-state index is 13.8. The summed E-state index contributed by atoms with van der Waals surface area (Å²) < 4.78 is 19.1. The number of carbonyl (C=O) groups excluding carboxylic acids is 3. The molecule has 0 aliphatic carbocycles. The van der Waals surface area contributed by atoms with Crippen LogP contribution in [0.3, 0.4) is 0 Å². The molecule has 37 heavy (non-hydrogen) atoms. The zero-order valence-electron chi connectivity index (χ0n) is 20.1. The summed E-state index contributed by atoms with van der Waals surface area (Å²) in [6, 6.07) is 14.7. The van der Waals surface area contributed by atoms with Crippen molar-refractivity contribution in [2.75, 3.05) is 12.0 Å². The molecule has 0 saturated carbocycles. The number of methoxy groups -OCH3 is 1. The number of halogens is 1. The molecule has 0 bridgehead atoms. The third kappa shape index (κ3) is 4.17. The monoisotopic (exact) mass is 516 g/mol. The molecule has 1 aromatic heterocycles. The lowest BCUT2D eigenvalue weighted by Gasteiger charge is -2.23. The number of anilines is 1. The fraction of sp³-hybridized carbons (Fsp3) is 0.143. The van der Waals surface area contributed by atoms with Gasteiger partial charge in [0.15, 0.2) is 5.13 Å². The second kappa shape index (κ2) is 9.25. The number of hydrogen-bond acceptors (Lipinski definition) is 7. The molecular formula is C28H21FN2O5S. The minimum Gasteiger partial charge on any atom is -0.507 e. The average molecular weight is 517 g/mol. The first-order valence-electron chi connectivity index (χ1n) is 11.3. The van der Waals surface area contributed by atoms with Crippen molar-refractivity contribution in [2.45, 2.75) is 19.9 Å². The van der Waals surface area contributed by atoms with Gasteiger partial charge in [0, 0.05) is 5.56 Å². The van der Waals surface area contributed by atoms with E-state index in [2.05, 4.69) is 4.98 Å². The van der Waals surface area contributed by atoms with Crippen LogP contribution in [0.4, 0.5) is 9.52 Å².